The highest BCUT2D eigenvalue weighted by Gasteiger charge is 2.05. The van der Waals surface area contributed by atoms with Gasteiger partial charge in [0.2, 0.25) is 0 Å². The van der Waals surface area contributed by atoms with Crippen molar-refractivity contribution in [1.82, 2.24) is 0 Å². The van der Waals surface area contributed by atoms with Crippen LogP contribution in [0.5, 0.6) is 0 Å². The summed E-state index contributed by atoms with van der Waals surface area (Å²) in [7, 11) is 0. The monoisotopic (exact) mass is 130 g/mol. The van der Waals surface area contributed by atoms with Gasteiger partial charge in [-0.3, -0.25) is 0 Å². The Hall–Kier alpha value is -0.0400. The summed E-state index contributed by atoms with van der Waals surface area (Å²) in [6.45, 7) is 7.13. The molecule has 0 bridgehead atoms. The zero-order chi connectivity index (χ0) is 7.11. The summed E-state index contributed by atoms with van der Waals surface area (Å²) in [5.41, 5.74) is 0. The smallest absolute Gasteiger partial charge is 0.0547 e. The van der Waals surface area contributed by atoms with E-state index >= 15 is 0 Å². The Bertz CT molecular complexity index is 46.5. The largest absolute Gasteiger partial charge is 0.379 e. The second-order valence-corrected chi connectivity index (χ2v) is 2.18. The molecule has 0 aromatic carbocycles. The Balaban J connectivity index is 0.000000291. The van der Waals surface area contributed by atoms with E-state index in [1.807, 2.05) is 13.8 Å². The number of rotatable bonds is 0. The fourth-order valence-corrected chi connectivity index (χ4v) is 0.902. The molecule has 1 aliphatic heterocycles. The van der Waals surface area contributed by atoms with E-state index in [0.29, 0.717) is 6.10 Å². The summed E-state index contributed by atoms with van der Waals surface area (Å²) in [6, 6.07) is 0. The van der Waals surface area contributed by atoms with Gasteiger partial charge in [0, 0.05) is 6.61 Å². The first kappa shape index (κ1) is 8.96. The maximum Gasteiger partial charge on any atom is 0.0547 e. The topological polar surface area (TPSA) is 9.23 Å². The van der Waals surface area contributed by atoms with Gasteiger partial charge in [0.15, 0.2) is 0 Å². The molecule has 56 valence electrons. The van der Waals surface area contributed by atoms with Crippen LogP contribution in [0.25, 0.3) is 0 Å². The standard InChI is InChI=1S/C6H12O.C2H6/c1-6-4-2-3-5-7-6;1-2/h6H,2-5H2,1H3;1-2H3/t6-;/m1./s1. The zero-order valence-corrected chi connectivity index (χ0v) is 6.81. The average Bonchev–Trinajstić information content (AvgIpc) is 1.94. The fourth-order valence-electron chi connectivity index (χ4n) is 0.902. The Kier molecular flexibility index (Phi) is 6.06. The van der Waals surface area contributed by atoms with Gasteiger partial charge in [0.1, 0.15) is 0 Å². The molecule has 0 unspecified atom stereocenters. The van der Waals surface area contributed by atoms with Gasteiger partial charge in [0.25, 0.3) is 0 Å². The van der Waals surface area contributed by atoms with E-state index in [0.717, 1.165) is 6.61 Å². The maximum atomic E-state index is 5.28. The lowest BCUT2D eigenvalue weighted by molar-refractivity contribution is 0.0285. The predicted octanol–water partition coefficient (Wildman–Crippen LogP) is 2.60. The van der Waals surface area contributed by atoms with Crippen LogP contribution in [0.15, 0.2) is 0 Å². The van der Waals surface area contributed by atoms with E-state index in [9.17, 15) is 0 Å². The van der Waals surface area contributed by atoms with Crippen LogP contribution in [-0.2, 0) is 4.74 Å². The van der Waals surface area contributed by atoms with Gasteiger partial charge in [-0.25, -0.2) is 0 Å². The second-order valence-electron chi connectivity index (χ2n) is 2.18. The molecule has 0 saturated carbocycles. The van der Waals surface area contributed by atoms with Crippen molar-refractivity contribution in [3.63, 3.8) is 0 Å². The van der Waals surface area contributed by atoms with Crippen LogP contribution in [0.1, 0.15) is 40.0 Å². The minimum atomic E-state index is 0.536. The van der Waals surface area contributed by atoms with Crippen molar-refractivity contribution < 1.29 is 4.74 Å². The summed E-state index contributed by atoms with van der Waals surface area (Å²) in [6.07, 6.45) is 4.43. The van der Waals surface area contributed by atoms with Crippen molar-refractivity contribution in [1.29, 1.82) is 0 Å². The Morgan fingerprint density at radius 1 is 1.22 bits per heavy atom. The summed E-state index contributed by atoms with van der Waals surface area (Å²) < 4.78 is 5.28. The minimum absolute atomic E-state index is 0.536. The van der Waals surface area contributed by atoms with Crippen LogP contribution < -0.4 is 0 Å². The highest BCUT2D eigenvalue weighted by molar-refractivity contribution is 4.55. The first-order chi connectivity index (χ1) is 4.39. The number of hydrogen-bond donors (Lipinski definition) is 0. The summed E-state index contributed by atoms with van der Waals surface area (Å²) in [5.74, 6) is 0. The van der Waals surface area contributed by atoms with Crippen molar-refractivity contribution >= 4 is 0 Å². The van der Waals surface area contributed by atoms with Gasteiger partial charge in [-0.2, -0.15) is 0 Å². The van der Waals surface area contributed by atoms with Gasteiger partial charge >= 0.3 is 0 Å². The first-order valence-electron chi connectivity index (χ1n) is 4.01. The van der Waals surface area contributed by atoms with Gasteiger partial charge in [-0.1, -0.05) is 13.8 Å². The second kappa shape index (κ2) is 6.09. The number of ether oxygens (including phenoxy) is 1. The first-order valence-corrected chi connectivity index (χ1v) is 4.01. The molecule has 1 nitrogen and oxygen atoms in total. The zero-order valence-electron chi connectivity index (χ0n) is 6.81. The van der Waals surface area contributed by atoms with Gasteiger partial charge in [0.05, 0.1) is 6.10 Å². The Morgan fingerprint density at radius 3 is 2.11 bits per heavy atom. The molecule has 9 heavy (non-hydrogen) atoms. The van der Waals surface area contributed by atoms with E-state index in [1.54, 1.807) is 0 Å². The molecule has 0 N–H and O–H groups in total. The molecule has 0 spiro atoms. The van der Waals surface area contributed by atoms with Crippen LogP contribution >= 0.6 is 0 Å². The van der Waals surface area contributed by atoms with Crippen LogP contribution in [-0.4, -0.2) is 12.7 Å². The SMILES string of the molecule is CC.C[C@@H]1CCCCO1. The molecule has 0 aromatic rings. The van der Waals surface area contributed by atoms with E-state index in [-0.39, 0.29) is 0 Å². The predicted molar refractivity (Wildman–Crippen MR) is 40.6 cm³/mol. The van der Waals surface area contributed by atoms with Gasteiger partial charge in [-0.05, 0) is 26.2 Å². The van der Waals surface area contributed by atoms with Crippen LogP contribution in [0.2, 0.25) is 0 Å². The molecule has 1 aliphatic rings. The molecular weight excluding hydrogens is 112 g/mol. The Morgan fingerprint density at radius 2 is 1.89 bits per heavy atom. The lowest BCUT2D eigenvalue weighted by Crippen LogP contribution is -2.14. The van der Waals surface area contributed by atoms with Gasteiger partial charge < -0.3 is 4.74 Å². The lowest BCUT2D eigenvalue weighted by Gasteiger charge is -2.17. The van der Waals surface area contributed by atoms with Crippen molar-refractivity contribution in [3.8, 4) is 0 Å². The van der Waals surface area contributed by atoms with Crippen molar-refractivity contribution in [3.05, 3.63) is 0 Å². The molecule has 1 rings (SSSR count). The molecule has 1 fully saturated rings. The van der Waals surface area contributed by atoms with Gasteiger partial charge in [-0.15, -0.1) is 0 Å². The third-order valence-electron chi connectivity index (χ3n) is 1.41. The Labute approximate surface area is 58.4 Å². The van der Waals surface area contributed by atoms with Crippen molar-refractivity contribution in [2.75, 3.05) is 6.61 Å². The lowest BCUT2D eigenvalue weighted by atomic mass is 10.1. The molecule has 0 aromatic heterocycles. The summed E-state index contributed by atoms with van der Waals surface area (Å²) in [5, 5.41) is 0. The van der Waals surface area contributed by atoms with Crippen LogP contribution in [0.3, 0.4) is 0 Å². The maximum absolute atomic E-state index is 5.28. The molecule has 1 atom stereocenters. The summed E-state index contributed by atoms with van der Waals surface area (Å²) >= 11 is 0. The molecular formula is C8H18O. The molecule has 1 heteroatoms. The molecule has 1 heterocycles. The van der Waals surface area contributed by atoms with E-state index < -0.39 is 0 Å². The van der Waals surface area contributed by atoms with Crippen molar-refractivity contribution in [2.45, 2.75) is 46.1 Å². The molecule has 1 saturated heterocycles. The molecule has 0 amide bonds. The average molecular weight is 130 g/mol. The molecule has 0 radical (unpaired) electrons. The minimum Gasteiger partial charge on any atom is -0.379 e. The van der Waals surface area contributed by atoms with E-state index in [1.165, 1.54) is 19.3 Å². The molecule has 0 aliphatic carbocycles. The highest BCUT2D eigenvalue weighted by Crippen LogP contribution is 2.10. The van der Waals surface area contributed by atoms with E-state index in [2.05, 4.69) is 6.92 Å². The highest BCUT2D eigenvalue weighted by atomic mass is 16.5. The van der Waals surface area contributed by atoms with Crippen molar-refractivity contribution in [2.24, 2.45) is 0 Å². The van der Waals surface area contributed by atoms with E-state index in [4.69, 9.17) is 4.74 Å². The van der Waals surface area contributed by atoms with Crippen LogP contribution in [0, 0.1) is 0 Å². The third kappa shape index (κ3) is 4.46. The number of hydrogen-bond acceptors (Lipinski definition) is 1. The van der Waals surface area contributed by atoms with Crippen LogP contribution in [0.4, 0.5) is 0 Å². The summed E-state index contributed by atoms with van der Waals surface area (Å²) in [4.78, 5) is 0. The normalized spacial score (nSPS) is 26.3. The fraction of sp³-hybridized carbons (Fsp3) is 1.00. The quantitative estimate of drug-likeness (QED) is 0.489. The third-order valence-corrected chi connectivity index (χ3v) is 1.41.